The minimum absolute atomic E-state index is 0.537. The Bertz CT molecular complexity index is 353. The molecule has 0 bridgehead atoms. The van der Waals surface area contributed by atoms with E-state index in [9.17, 15) is 0 Å². The Morgan fingerprint density at radius 2 is 2.11 bits per heavy atom. The van der Waals surface area contributed by atoms with Gasteiger partial charge in [-0.3, -0.25) is 4.98 Å². The Labute approximate surface area is 117 Å². The molecule has 0 aromatic carbocycles. The number of ether oxygens (including phenoxy) is 1. The van der Waals surface area contributed by atoms with Gasteiger partial charge in [0.25, 0.3) is 0 Å². The average molecular weight is 265 g/mol. The minimum Gasteiger partial charge on any atom is -0.383 e. The Morgan fingerprint density at radius 3 is 2.68 bits per heavy atom. The standard InChI is InChI=1S/C15H27N3O/c1-5-14(6-2)18(9-10-19-4)15-12-17-8-7-13(15)11-16-3/h7-8,12,14,16H,5-6,9-11H2,1-4H3. The lowest BCUT2D eigenvalue weighted by Crippen LogP contribution is -2.38. The molecule has 0 aliphatic rings. The number of nitrogens with one attached hydrogen (secondary N) is 1. The number of pyridine rings is 1. The van der Waals surface area contributed by atoms with Gasteiger partial charge >= 0.3 is 0 Å². The predicted molar refractivity (Wildman–Crippen MR) is 80.6 cm³/mol. The van der Waals surface area contributed by atoms with Crippen LogP contribution in [0.15, 0.2) is 18.5 Å². The van der Waals surface area contributed by atoms with Gasteiger partial charge in [0.1, 0.15) is 0 Å². The molecule has 0 spiro atoms. The summed E-state index contributed by atoms with van der Waals surface area (Å²) in [5, 5.41) is 3.22. The van der Waals surface area contributed by atoms with Crippen molar-refractivity contribution in [3.8, 4) is 0 Å². The van der Waals surface area contributed by atoms with Crippen molar-refractivity contribution in [1.29, 1.82) is 0 Å². The van der Waals surface area contributed by atoms with Gasteiger partial charge in [-0.15, -0.1) is 0 Å². The van der Waals surface area contributed by atoms with Crippen LogP contribution in [0.5, 0.6) is 0 Å². The Kier molecular flexibility index (Phi) is 7.45. The highest BCUT2D eigenvalue weighted by atomic mass is 16.5. The largest absolute Gasteiger partial charge is 0.383 e. The molecule has 4 heteroatoms. The third-order valence-electron chi connectivity index (χ3n) is 3.48. The Morgan fingerprint density at radius 1 is 1.37 bits per heavy atom. The van der Waals surface area contributed by atoms with Crippen LogP contribution in [0.1, 0.15) is 32.3 Å². The highest BCUT2D eigenvalue weighted by Gasteiger charge is 2.18. The molecular weight excluding hydrogens is 238 g/mol. The van der Waals surface area contributed by atoms with Crippen LogP contribution in [-0.2, 0) is 11.3 Å². The van der Waals surface area contributed by atoms with Crippen molar-refractivity contribution in [2.45, 2.75) is 39.3 Å². The summed E-state index contributed by atoms with van der Waals surface area (Å²) in [5.74, 6) is 0. The van der Waals surface area contributed by atoms with Crippen molar-refractivity contribution in [3.63, 3.8) is 0 Å². The summed E-state index contributed by atoms with van der Waals surface area (Å²) in [6, 6.07) is 2.63. The van der Waals surface area contributed by atoms with Crippen LogP contribution in [0.3, 0.4) is 0 Å². The van der Waals surface area contributed by atoms with Crippen molar-refractivity contribution >= 4 is 5.69 Å². The van der Waals surface area contributed by atoms with Crippen LogP contribution >= 0.6 is 0 Å². The molecule has 0 unspecified atom stereocenters. The third kappa shape index (κ3) is 4.48. The van der Waals surface area contributed by atoms with E-state index in [1.807, 2.05) is 19.4 Å². The smallest absolute Gasteiger partial charge is 0.0637 e. The number of hydrogen-bond donors (Lipinski definition) is 1. The maximum absolute atomic E-state index is 5.26. The molecule has 0 atom stereocenters. The quantitative estimate of drug-likeness (QED) is 0.744. The monoisotopic (exact) mass is 265 g/mol. The second-order valence-corrected chi connectivity index (χ2v) is 4.69. The van der Waals surface area contributed by atoms with Gasteiger partial charge in [-0.1, -0.05) is 13.8 Å². The number of methoxy groups -OCH3 is 1. The zero-order chi connectivity index (χ0) is 14.1. The number of nitrogens with zero attached hydrogens (tertiary/aromatic N) is 2. The van der Waals surface area contributed by atoms with Crippen LogP contribution in [0.25, 0.3) is 0 Å². The van der Waals surface area contributed by atoms with Crippen molar-refractivity contribution in [3.05, 3.63) is 24.0 Å². The van der Waals surface area contributed by atoms with Crippen LogP contribution in [0.2, 0.25) is 0 Å². The van der Waals surface area contributed by atoms with Crippen LogP contribution < -0.4 is 10.2 Å². The molecule has 1 aromatic rings. The second kappa shape index (κ2) is 8.88. The van der Waals surface area contributed by atoms with E-state index in [0.717, 1.165) is 32.5 Å². The molecule has 0 aliphatic heterocycles. The first-order valence-electron chi connectivity index (χ1n) is 7.11. The van der Waals surface area contributed by atoms with Crippen molar-refractivity contribution in [2.24, 2.45) is 0 Å². The average Bonchev–Trinajstić information content (AvgIpc) is 2.45. The molecule has 1 heterocycles. The van der Waals surface area contributed by atoms with Crippen molar-refractivity contribution in [1.82, 2.24) is 10.3 Å². The SMILES string of the molecule is CCC(CC)N(CCOC)c1cnccc1CNC. The van der Waals surface area contributed by atoms with E-state index in [1.165, 1.54) is 11.3 Å². The van der Waals surface area contributed by atoms with Gasteiger partial charge in [0.05, 0.1) is 18.5 Å². The molecule has 4 nitrogen and oxygen atoms in total. The molecule has 0 amide bonds. The predicted octanol–water partition coefficient (Wildman–Crippen LogP) is 2.44. The minimum atomic E-state index is 0.537. The van der Waals surface area contributed by atoms with Gasteiger partial charge in [-0.25, -0.2) is 0 Å². The van der Waals surface area contributed by atoms with Gasteiger partial charge in [-0.2, -0.15) is 0 Å². The lowest BCUT2D eigenvalue weighted by atomic mass is 10.1. The van der Waals surface area contributed by atoms with E-state index in [1.54, 1.807) is 7.11 Å². The summed E-state index contributed by atoms with van der Waals surface area (Å²) in [5.41, 5.74) is 2.52. The van der Waals surface area contributed by atoms with Gasteiger partial charge in [0.15, 0.2) is 0 Å². The van der Waals surface area contributed by atoms with E-state index >= 15 is 0 Å². The van der Waals surface area contributed by atoms with Gasteiger partial charge in [0.2, 0.25) is 0 Å². The number of hydrogen-bond acceptors (Lipinski definition) is 4. The van der Waals surface area contributed by atoms with E-state index in [4.69, 9.17) is 4.74 Å². The van der Waals surface area contributed by atoms with Crippen molar-refractivity contribution < 1.29 is 4.74 Å². The maximum atomic E-state index is 5.26. The van der Waals surface area contributed by atoms with Crippen LogP contribution in [-0.4, -0.2) is 38.3 Å². The fraction of sp³-hybridized carbons (Fsp3) is 0.667. The van der Waals surface area contributed by atoms with E-state index in [-0.39, 0.29) is 0 Å². The number of rotatable bonds is 9. The zero-order valence-electron chi connectivity index (χ0n) is 12.6. The molecule has 0 fully saturated rings. The normalized spacial score (nSPS) is 11.0. The number of anilines is 1. The molecule has 1 aromatic heterocycles. The number of aromatic nitrogens is 1. The van der Waals surface area contributed by atoms with E-state index in [0.29, 0.717) is 6.04 Å². The Balaban J connectivity index is 3.01. The summed E-state index contributed by atoms with van der Waals surface area (Å²) in [4.78, 5) is 6.73. The lowest BCUT2D eigenvalue weighted by Gasteiger charge is -2.33. The fourth-order valence-corrected chi connectivity index (χ4v) is 2.43. The molecular formula is C15H27N3O. The third-order valence-corrected chi connectivity index (χ3v) is 3.48. The highest BCUT2D eigenvalue weighted by molar-refractivity contribution is 5.52. The molecule has 0 saturated carbocycles. The molecule has 0 radical (unpaired) electrons. The second-order valence-electron chi connectivity index (χ2n) is 4.69. The zero-order valence-corrected chi connectivity index (χ0v) is 12.6. The van der Waals surface area contributed by atoms with Gasteiger partial charge in [-0.05, 0) is 31.5 Å². The van der Waals surface area contributed by atoms with E-state index in [2.05, 4.69) is 35.1 Å². The van der Waals surface area contributed by atoms with Crippen LogP contribution in [0.4, 0.5) is 5.69 Å². The van der Waals surface area contributed by atoms with Crippen LogP contribution in [0, 0.1) is 0 Å². The highest BCUT2D eigenvalue weighted by Crippen LogP contribution is 2.23. The molecule has 19 heavy (non-hydrogen) atoms. The fourth-order valence-electron chi connectivity index (χ4n) is 2.43. The first-order chi connectivity index (χ1) is 9.28. The summed E-state index contributed by atoms with van der Waals surface area (Å²) >= 11 is 0. The van der Waals surface area contributed by atoms with Gasteiger partial charge < -0.3 is 15.0 Å². The lowest BCUT2D eigenvalue weighted by molar-refractivity contribution is 0.202. The molecule has 0 aliphatic carbocycles. The first-order valence-corrected chi connectivity index (χ1v) is 7.11. The summed E-state index contributed by atoms with van der Waals surface area (Å²) in [7, 11) is 3.73. The van der Waals surface area contributed by atoms with Crippen molar-refractivity contribution in [2.75, 3.05) is 32.2 Å². The topological polar surface area (TPSA) is 37.4 Å². The summed E-state index contributed by atoms with van der Waals surface area (Å²) in [6.07, 6.45) is 6.10. The first kappa shape index (κ1) is 15.9. The summed E-state index contributed by atoms with van der Waals surface area (Å²) < 4.78 is 5.26. The molecule has 108 valence electrons. The van der Waals surface area contributed by atoms with Gasteiger partial charge in [0, 0.05) is 32.4 Å². The Hall–Kier alpha value is -1.13. The molecule has 0 saturated heterocycles. The maximum Gasteiger partial charge on any atom is 0.0637 e. The molecule has 1 rings (SSSR count). The summed E-state index contributed by atoms with van der Waals surface area (Å²) in [6.45, 7) is 6.99. The molecule has 1 N–H and O–H groups in total. The van der Waals surface area contributed by atoms with E-state index < -0.39 is 0 Å².